The van der Waals surface area contributed by atoms with Gasteiger partial charge in [-0.05, 0) is 17.5 Å². The largest absolute Gasteiger partial charge is 0.351 e. The SMILES string of the molecule is CC(C)[C@H](Br)C(=O)NCc1cccnc1. The van der Waals surface area contributed by atoms with Crippen molar-refractivity contribution >= 4 is 21.8 Å². The Bertz CT molecular complexity index is 314. The Hall–Kier alpha value is -0.900. The van der Waals surface area contributed by atoms with E-state index in [0.29, 0.717) is 12.5 Å². The quantitative estimate of drug-likeness (QED) is 0.852. The molecule has 1 atom stereocenters. The Morgan fingerprint density at radius 3 is 2.87 bits per heavy atom. The summed E-state index contributed by atoms with van der Waals surface area (Å²) in [5, 5.41) is 2.85. The normalized spacial score (nSPS) is 12.5. The second kappa shape index (κ2) is 5.85. The molecule has 82 valence electrons. The number of nitrogens with zero attached hydrogens (tertiary/aromatic N) is 1. The number of alkyl halides is 1. The first-order chi connectivity index (χ1) is 7.11. The zero-order valence-corrected chi connectivity index (χ0v) is 10.5. The molecule has 0 unspecified atom stereocenters. The van der Waals surface area contributed by atoms with Crippen molar-refractivity contribution in [2.45, 2.75) is 25.2 Å². The summed E-state index contributed by atoms with van der Waals surface area (Å²) < 4.78 is 0. The number of nitrogens with one attached hydrogen (secondary N) is 1. The van der Waals surface area contributed by atoms with Gasteiger partial charge in [0.05, 0.1) is 4.83 Å². The van der Waals surface area contributed by atoms with E-state index in [-0.39, 0.29) is 10.7 Å². The Morgan fingerprint density at radius 2 is 2.33 bits per heavy atom. The van der Waals surface area contributed by atoms with Crippen LogP contribution in [0.25, 0.3) is 0 Å². The van der Waals surface area contributed by atoms with E-state index in [0.717, 1.165) is 5.56 Å². The summed E-state index contributed by atoms with van der Waals surface area (Å²) in [5.41, 5.74) is 1.01. The molecule has 0 fully saturated rings. The molecule has 4 heteroatoms. The summed E-state index contributed by atoms with van der Waals surface area (Å²) in [6.07, 6.45) is 3.46. The number of rotatable bonds is 4. The van der Waals surface area contributed by atoms with Crippen LogP contribution in [0.3, 0.4) is 0 Å². The van der Waals surface area contributed by atoms with Crippen LogP contribution in [0.4, 0.5) is 0 Å². The average Bonchev–Trinajstić information content (AvgIpc) is 2.26. The van der Waals surface area contributed by atoms with E-state index < -0.39 is 0 Å². The molecule has 0 aromatic carbocycles. The minimum atomic E-state index is -0.130. The van der Waals surface area contributed by atoms with Crippen molar-refractivity contribution < 1.29 is 4.79 Å². The minimum absolute atomic E-state index is 0.0221. The summed E-state index contributed by atoms with van der Waals surface area (Å²) in [6.45, 7) is 4.54. The number of aromatic nitrogens is 1. The molecule has 0 saturated heterocycles. The molecule has 0 aliphatic rings. The van der Waals surface area contributed by atoms with Crippen molar-refractivity contribution in [1.29, 1.82) is 0 Å². The van der Waals surface area contributed by atoms with Crippen LogP contribution >= 0.6 is 15.9 Å². The van der Waals surface area contributed by atoms with Gasteiger partial charge in [0.2, 0.25) is 5.91 Å². The fourth-order valence-electron chi connectivity index (χ4n) is 1.09. The van der Waals surface area contributed by atoms with Gasteiger partial charge in [-0.1, -0.05) is 35.8 Å². The third-order valence-corrected chi connectivity index (χ3v) is 3.50. The first-order valence-electron chi connectivity index (χ1n) is 4.92. The molecule has 3 nitrogen and oxygen atoms in total. The van der Waals surface area contributed by atoms with E-state index in [1.165, 1.54) is 0 Å². The fraction of sp³-hybridized carbons (Fsp3) is 0.455. The number of hydrogen-bond donors (Lipinski definition) is 1. The van der Waals surface area contributed by atoms with Crippen molar-refractivity contribution in [2.24, 2.45) is 5.92 Å². The van der Waals surface area contributed by atoms with E-state index in [1.807, 2.05) is 26.0 Å². The lowest BCUT2D eigenvalue weighted by Crippen LogP contribution is -2.33. The Morgan fingerprint density at radius 1 is 1.60 bits per heavy atom. The van der Waals surface area contributed by atoms with Crippen LogP contribution in [-0.2, 0) is 11.3 Å². The number of carbonyl (C=O) groups excluding carboxylic acids is 1. The monoisotopic (exact) mass is 270 g/mol. The third kappa shape index (κ3) is 4.00. The molecule has 1 heterocycles. The molecule has 1 amide bonds. The van der Waals surface area contributed by atoms with Gasteiger partial charge >= 0.3 is 0 Å². The summed E-state index contributed by atoms with van der Waals surface area (Å²) in [5.74, 6) is 0.313. The maximum absolute atomic E-state index is 11.6. The van der Waals surface area contributed by atoms with E-state index >= 15 is 0 Å². The maximum atomic E-state index is 11.6. The Kier molecular flexibility index (Phi) is 4.75. The second-order valence-corrected chi connectivity index (χ2v) is 4.71. The standard InChI is InChI=1S/C11H15BrN2O/c1-8(2)10(12)11(15)14-7-9-4-3-5-13-6-9/h3-6,8,10H,7H2,1-2H3,(H,14,15)/t10-/m0/s1. The zero-order valence-electron chi connectivity index (χ0n) is 8.90. The molecule has 15 heavy (non-hydrogen) atoms. The molecular weight excluding hydrogens is 256 g/mol. The van der Waals surface area contributed by atoms with E-state index in [1.54, 1.807) is 12.4 Å². The molecule has 0 saturated carbocycles. The molecule has 1 N–H and O–H groups in total. The molecule has 1 rings (SSSR count). The van der Waals surface area contributed by atoms with Crippen LogP contribution < -0.4 is 5.32 Å². The fourth-order valence-corrected chi connectivity index (χ4v) is 1.25. The summed E-state index contributed by atoms with van der Waals surface area (Å²) >= 11 is 3.35. The lowest BCUT2D eigenvalue weighted by atomic mass is 10.1. The summed E-state index contributed by atoms with van der Waals surface area (Å²) in [7, 11) is 0. The first-order valence-corrected chi connectivity index (χ1v) is 5.83. The number of halogens is 1. The zero-order chi connectivity index (χ0) is 11.3. The number of amides is 1. The van der Waals surface area contributed by atoms with Crippen LogP contribution in [0.1, 0.15) is 19.4 Å². The van der Waals surface area contributed by atoms with Crippen LogP contribution in [0.15, 0.2) is 24.5 Å². The van der Waals surface area contributed by atoms with Crippen LogP contribution in [-0.4, -0.2) is 15.7 Å². The predicted octanol–water partition coefficient (Wildman–Crippen LogP) is 2.12. The molecule has 0 radical (unpaired) electrons. The van der Waals surface area contributed by atoms with Crippen LogP contribution in [0.2, 0.25) is 0 Å². The van der Waals surface area contributed by atoms with Crippen molar-refractivity contribution in [1.82, 2.24) is 10.3 Å². The highest BCUT2D eigenvalue weighted by Gasteiger charge is 2.17. The summed E-state index contributed by atoms with van der Waals surface area (Å²) in [4.78, 5) is 15.4. The van der Waals surface area contributed by atoms with E-state index in [4.69, 9.17) is 0 Å². The van der Waals surface area contributed by atoms with Gasteiger partial charge in [0.25, 0.3) is 0 Å². The molecule has 0 aliphatic heterocycles. The molecule has 1 aromatic rings. The lowest BCUT2D eigenvalue weighted by molar-refractivity contribution is -0.121. The van der Waals surface area contributed by atoms with Crippen LogP contribution in [0.5, 0.6) is 0 Å². The number of pyridine rings is 1. The van der Waals surface area contributed by atoms with Crippen molar-refractivity contribution in [2.75, 3.05) is 0 Å². The number of carbonyl (C=O) groups is 1. The Labute approximate surface area is 98.4 Å². The summed E-state index contributed by atoms with van der Waals surface area (Å²) in [6, 6.07) is 3.79. The first kappa shape index (κ1) is 12.2. The maximum Gasteiger partial charge on any atom is 0.234 e. The highest BCUT2D eigenvalue weighted by atomic mass is 79.9. The average molecular weight is 271 g/mol. The third-order valence-electron chi connectivity index (χ3n) is 2.03. The van der Waals surface area contributed by atoms with Gasteiger partial charge in [-0.2, -0.15) is 0 Å². The lowest BCUT2D eigenvalue weighted by Gasteiger charge is -2.13. The van der Waals surface area contributed by atoms with Gasteiger partial charge in [-0.3, -0.25) is 9.78 Å². The molecular formula is C11H15BrN2O. The van der Waals surface area contributed by atoms with Gasteiger partial charge in [-0.15, -0.1) is 0 Å². The van der Waals surface area contributed by atoms with Gasteiger partial charge < -0.3 is 5.32 Å². The molecule has 0 spiro atoms. The van der Waals surface area contributed by atoms with Crippen molar-refractivity contribution in [3.63, 3.8) is 0 Å². The smallest absolute Gasteiger partial charge is 0.234 e. The number of hydrogen-bond acceptors (Lipinski definition) is 2. The minimum Gasteiger partial charge on any atom is -0.351 e. The molecule has 0 bridgehead atoms. The molecule has 0 aliphatic carbocycles. The van der Waals surface area contributed by atoms with Crippen molar-refractivity contribution in [3.05, 3.63) is 30.1 Å². The van der Waals surface area contributed by atoms with Gasteiger partial charge in [0.1, 0.15) is 0 Å². The van der Waals surface area contributed by atoms with Gasteiger partial charge in [0, 0.05) is 18.9 Å². The van der Waals surface area contributed by atoms with E-state index in [9.17, 15) is 4.79 Å². The molecule has 1 aromatic heterocycles. The Balaban J connectivity index is 2.41. The predicted molar refractivity (Wildman–Crippen MR) is 63.6 cm³/mol. The van der Waals surface area contributed by atoms with Crippen LogP contribution in [0, 0.1) is 5.92 Å². The highest BCUT2D eigenvalue weighted by Crippen LogP contribution is 2.11. The van der Waals surface area contributed by atoms with Gasteiger partial charge in [0.15, 0.2) is 0 Å². The topological polar surface area (TPSA) is 42.0 Å². The highest BCUT2D eigenvalue weighted by molar-refractivity contribution is 9.10. The van der Waals surface area contributed by atoms with Gasteiger partial charge in [-0.25, -0.2) is 0 Å². The van der Waals surface area contributed by atoms with E-state index in [2.05, 4.69) is 26.2 Å². The van der Waals surface area contributed by atoms with Crippen molar-refractivity contribution in [3.8, 4) is 0 Å². The second-order valence-electron chi connectivity index (χ2n) is 3.72.